The summed E-state index contributed by atoms with van der Waals surface area (Å²) < 4.78 is 37.5. The number of ether oxygens (including phenoxy) is 6. The molecule has 0 saturated heterocycles. The summed E-state index contributed by atoms with van der Waals surface area (Å²) >= 11 is 0. The number of carbonyl (C=O) groups excluding carboxylic acids is 5. The third-order valence-electron chi connectivity index (χ3n) is 18.9. The number of alkyl carbamates (subject to hydrolysis) is 1. The van der Waals surface area contributed by atoms with Crippen LogP contribution in [0.25, 0.3) is 16.7 Å². The first kappa shape index (κ1) is 66.7. The largest absolute Gasteiger partial charge is 0.493 e. The molecule has 17 nitrogen and oxygen atoms in total. The molecule has 11 rings (SSSR count). The molecule has 0 unspecified atom stereocenters. The molecule has 6 aliphatic rings. The minimum atomic E-state index is -1.39. The Labute approximate surface area is 551 Å². The standard InChI is InChI=1S/C74H94N6O11Si2/c1-47(2)70(76-74(85)91-44-63-59-19-14-12-17-57(59)58-18-13-15-20-60(58)63)66(81)34-49(4)71(82)75-54-25-23-51(24-26-54)53-36-55-42-77(45-87-29-31-92(6,7)8)64-38-67(48(3)33-61(64)72(83)79(55)41-53)89-27-16-28-90-69-39-65-62(37-68(69)86-5)73(84)80-40-52(50-21-22-50)35-56(80)43-78(65)46-88-30-32-93(9,10)11/h12-15,17-20,23-26,33,37-41,47,49-50,55-56,63,70H,16,21-22,27-32,34-36,42-46H2,1-11H3,(H,75,82)(H,76,85)/t49-,55+,56+,70+/m1/s1. The number of nitrogens with zero attached hydrogens (tertiary/aromatic N) is 4. The fraction of sp³-hybridized carbons (Fsp3) is 0.473. The number of carbonyl (C=O) groups is 5. The number of rotatable bonds is 28. The fourth-order valence-corrected chi connectivity index (χ4v) is 14.8. The van der Waals surface area contributed by atoms with Gasteiger partial charge in [-0.15, -0.1) is 0 Å². The summed E-state index contributed by atoms with van der Waals surface area (Å²) in [5.74, 6) is 0.561. The van der Waals surface area contributed by atoms with Gasteiger partial charge < -0.3 is 58.7 Å². The van der Waals surface area contributed by atoms with Crippen LogP contribution < -0.4 is 34.6 Å². The summed E-state index contributed by atoms with van der Waals surface area (Å²) in [6.07, 6.45) is 7.74. The van der Waals surface area contributed by atoms with Gasteiger partial charge in [-0.3, -0.25) is 19.2 Å². The zero-order chi connectivity index (χ0) is 65.9. The molecule has 5 aromatic carbocycles. The maximum atomic E-state index is 14.8. The quantitative estimate of drug-likeness (QED) is 0.0357. The zero-order valence-corrected chi connectivity index (χ0v) is 58.2. The highest BCUT2D eigenvalue weighted by molar-refractivity contribution is 6.76. The van der Waals surface area contributed by atoms with Crippen LogP contribution in [0.3, 0.4) is 0 Å². The lowest BCUT2D eigenvalue weighted by Gasteiger charge is -2.28. The van der Waals surface area contributed by atoms with Gasteiger partial charge in [0.25, 0.3) is 11.8 Å². The number of ketones is 1. The van der Waals surface area contributed by atoms with Crippen molar-refractivity contribution in [2.75, 3.05) is 81.8 Å². The maximum Gasteiger partial charge on any atom is 0.407 e. The van der Waals surface area contributed by atoms with E-state index in [1.165, 1.54) is 18.4 Å². The van der Waals surface area contributed by atoms with Gasteiger partial charge in [-0.25, -0.2) is 4.79 Å². The van der Waals surface area contributed by atoms with Crippen LogP contribution in [0.2, 0.25) is 51.4 Å². The van der Waals surface area contributed by atoms with Gasteiger partial charge in [0, 0.05) is 97.3 Å². The van der Waals surface area contributed by atoms with E-state index in [0.29, 0.717) is 106 Å². The van der Waals surface area contributed by atoms with Gasteiger partial charge in [-0.05, 0) is 125 Å². The highest BCUT2D eigenvalue weighted by Crippen LogP contribution is 2.47. The number of aryl methyl sites for hydroxylation is 1. The van der Waals surface area contributed by atoms with Gasteiger partial charge >= 0.3 is 6.09 Å². The number of hydrogen-bond acceptors (Lipinski definition) is 13. The van der Waals surface area contributed by atoms with Gasteiger partial charge in [0.2, 0.25) is 5.91 Å². The molecule has 494 valence electrons. The third kappa shape index (κ3) is 15.8. The van der Waals surface area contributed by atoms with E-state index < -0.39 is 34.2 Å². The summed E-state index contributed by atoms with van der Waals surface area (Å²) in [7, 11) is -1.10. The molecule has 4 heterocycles. The van der Waals surface area contributed by atoms with E-state index in [-0.39, 0.29) is 60.5 Å². The highest BCUT2D eigenvalue weighted by atomic mass is 28.3. The van der Waals surface area contributed by atoms with E-state index in [9.17, 15) is 24.0 Å². The molecule has 2 aliphatic carbocycles. The monoisotopic (exact) mass is 1300 g/mol. The van der Waals surface area contributed by atoms with Crippen molar-refractivity contribution in [3.63, 3.8) is 0 Å². The van der Waals surface area contributed by atoms with Gasteiger partial charge in [0.1, 0.15) is 25.8 Å². The molecule has 93 heavy (non-hydrogen) atoms. The van der Waals surface area contributed by atoms with E-state index in [1.54, 1.807) is 14.0 Å². The Balaban J connectivity index is 0.709. The van der Waals surface area contributed by atoms with E-state index >= 15 is 0 Å². The maximum absolute atomic E-state index is 14.8. The van der Waals surface area contributed by atoms with Crippen molar-refractivity contribution < 1.29 is 52.4 Å². The van der Waals surface area contributed by atoms with Crippen LogP contribution in [-0.4, -0.2) is 140 Å². The molecule has 19 heteroatoms. The molecule has 1 fully saturated rings. The molecule has 1 saturated carbocycles. The molecule has 2 N–H and O–H groups in total. The third-order valence-corrected chi connectivity index (χ3v) is 22.3. The first-order valence-corrected chi connectivity index (χ1v) is 40.8. The second kappa shape index (κ2) is 28.5. The van der Waals surface area contributed by atoms with Crippen molar-refractivity contribution in [2.24, 2.45) is 17.8 Å². The van der Waals surface area contributed by atoms with Crippen LogP contribution in [0.4, 0.5) is 21.9 Å². The predicted octanol–water partition coefficient (Wildman–Crippen LogP) is 14.0. The van der Waals surface area contributed by atoms with Crippen LogP contribution in [-0.2, 0) is 23.8 Å². The molecule has 0 radical (unpaired) electrons. The molecule has 5 aromatic rings. The second-order valence-electron chi connectivity index (χ2n) is 28.9. The molecule has 0 aromatic heterocycles. The number of fused-ring (bicyclic) bond motifs is 7. The Hall–Kier alpha value is -7.72. The van der Waals surface area contributed by atoms with Crippen LogP contribution in [0.5, 0.6) is 17.2 Å². The van der Waals surface area contributed by atoms with Gasteiger partial charge in [-0.2, -0.15) is 0 Å². The molecule has 0 spiro atoms. The Bertz CT molecular complexity index is 3620. The number of nitrogens with one attached hydrogen (secondary N) is 2. The summed E-state index contributed by atoms with van der Waals surface area (Å²) in [6, 6.07) is 32.6. The molecular weight excluding hydrogens is 1210 g/mol. The van der Waals surface area contributed by atoms with E-state index in [1.807, 2.05) is 110 Å². The van der Waals surface area contributed by atoms with Crippen molar-refractivity contribution in [2.45, 2.75) is 142 Å². The number of anilines is 3. The number of hydrogen-bond donors (Lipinski definition) is 2. The Kier molecular flexibility index (Phi) is 20.4. The lowest BCUT2D eigenvalue weighted by Crippen LogP contribution is -2.45. The second-order valence-corrected chi connectivity index (χ2v) is 40.2. The van der Waals surface area contributed by atoms with Gasteiger partial charge in [0.15, 0.2) is 17.3 Å². The van der Waals surface area contributed by atoms with Gasteiger partial charge in [-0.1, -0.05) is 121 Å². The van der Waals surface area contributed by atoms with Crippen molar-refractivity contribution in [1.82, 2.24) is 15.1 Å². The lowest BCUT2D eigenvalue weighted by molar-refractivity contribution is -0.127. The van der Waals surface area contributed by atoms with E-state index in [4.69, 9.17) is 28.4 Å². The first-order chi connectivity index (χ1) is 44.5. The number of Topliss-reactive ketones (excluding diaryl/α,β-unsaturated/α-hetero) is 1. The van der Waals surface area contributed by atoms with Crippen LogP contribution >= 0.6 is 0 Å². The van der Waals surface area contributed by atoms with Crippen LogP contribution in [0.1, 0.15) is 108 Å². The predicted molar refractivity (Wildman–Crippen MR) is 371 cm³/mol. The SMILES string of the molecule is COc1cc2c(cc1OCCCOc1cc3c(cc1C)C(=O)N1C=C(c4ccc(NC(=O)[C@H](C)CC(=O)[C@@H](NC(=O)OCC5c6ccccc6-c6ccccc65)C(C)C)cc4)C[C@H]1CN3COCC[Si](C)(C)C)N(COCC[Si](C)(C)C)C[C@@H]1CC(C3CC3)=CN1C2=O. The van der Waals surface area contributed by atoms with Crippen molar-refractivity contribution in [3.8, 4) is 28.4 Å². The molecular formula is C74H94N6O11Si2. The summed E-state index contributed by atoms with van der Waals surface area (Å²) in [5, 5.41) is 5.79. The number of methoxy groups -OCH3 is 1. The van der Waals surface area contributed by atoms with Crippen molar-refractivity contribution in [1.29, 1.82) is 0 Å². The Morgan fingerprint density at radius 3 is 1.78 bits per heavy atom. The number of benzene rings is 5. The smallest absolute Gasteiger partial charge is 0.407 e. The normalized spacial score (nSPS) is 18.3. The minimum absolute atomic E-state index is 0.0288. The first-order valence-electron chi connectivity index (χ1n) is 33.4. The number of amides is 4. The minimum Gasteiger partial charge on any atom is -0.493 e. The lowest BCUT2D eigenvalue weighted by atomic mass is 9.93. The average molecular weight is 1300 g/mol. The molecule has 4 amide bonds. The topological polar surface area (TPSA) is 178 Å². The van der Waals surface area contributed by atoms with Crippen molar-refractivity contribution >= 4 is 68.4 Å². The van der Waals surface area contributed by atoms with E-state index in [0.717, 1.165) is 68.8 Å². The zero-order valence-electron chi connectivity index (χ0n) is 56.2. The Morgan fingerprint density at radius 1 is 0.645 bits per heavy atom. The molecule has 4 atom stereocenters. The molecule has 4 aliphatic heterocycles. The summed E-state index contributed by atoms with van der Waals surface area (Å²) in [4.78, 5) is 78.0. The van der Waals surface area contributed by atoms with Crippen molar-refractivity contribution in [3.05, 3.63) is 148 Å². The van der Waals surface area contributed by atoms with Gasteiger partial charge in [0.05, 0.1) is 61.0 Å². The summed E-state index contributed by atoms with van der Waals surface area (Å²) in [5.41, 5.74) is 11.8. The van der Waals surface area contributed by atoms with Crippen LogP contribution in [0.15, 0.2) is 115 Å². The Morgan fingerprint density at radius 2 is 1.20 bits per heavy atom. The van der Waals surface area contributed by atoms with Crippen LogP contribution in [0, 0.1) is 24.7 Å². The van der Waals surface area contributed by atoms with E-state index in [2.05, 4.69) is 90.2 Å². The highest BCUT2D eigenvalue weighted by Gasteiger charge is 2.42. The molecule has 0 bridgehead atoms. The average Bonchev–Trinajstić information content (AvgIpc) is 1.66. The fourth-order valence-electron chi connectivity index (χ4n) is 13.3. The summed E-state index contributed by atoms with van der Waals surface area (Å²) in [6.45, 7) is 25.4.